The van der Waals surface area contributed by atoms with E-state index in [0.717, 1.165) is 24.3 Å². The Kier molecular flexibility index (Phi) is 5.21. The van der Waals surface area contributed by atoms with E-state index in [1.54, 1.807) is 11.3 Å². The van der Waals surface area contributed by atoms with Crippen LogP contribution in [0.1, 0.15) is 41.1 Å². The zero-order chi connectivity index (χ0) is 17.1. The van der Waals surface area contributed by atoms with E-state index in [-0.39, 0.29) is 6.04 Å². The van der Waals surface area contributed by atoms with Gasteiger partial charge in [-0.25, -0.2) is 0 Å². The van der Waals surface area contributed by atoms with Gasteiger partial charge in [0.2, 0.25) is 0 Å². The van der Waals surface area contributed by atoms with Crippen LogP contribution in [-0.4, -0.2) is 35.2 Å². The molecule has 128 valence electrons. The third-order valence-corrected chi connectivity index (χ3v) is 5.51. The SMILES string of the molecule is CCOc1ccccc1C(c1ccc(C)s1)N1CCCC1C(=O)O. The summed E-state index contributed by atoms with van der Waals surface area (Å²) in [6.45, 7) is 5.43. The summed E-state index contributed by atoms with van der Waals surface area (Å²) in [5.41, 5.74) is 1.05. The molecule has 0 aliphatic carbocycles. The van der Waals surface area contributed by atoms with Gasteiger partial charge in [-0.05, 0) is 44.9 Å². The average molecular weight is 345 g/mol. The Morgan fingerprint density at radius 3 is 2.83 bits per heavy atom. The van der Waals surface area contributed by atoms with E-state index in [9.17, 15) is 9.90 Å². The average Bonchev–Trinajstić information content (AvgIpc) is 3.19. The lowest BCUT2D eigenvalue weighted by atomic mass is 10.0. The molecule has 1 aromatic heterocycles. The van der Waals surface area contributed by atoms with Gasteiger partial charge in [-0.1, -0.05) is 18.2 Å². The molecule has 1 aliphatic heterocycles. The number of benzene rings is 1. The molecule has 2 heterocycles. The molecule has 1 aromatic carbocycles. The van der Waals surface area contributed by atoms with Crippen molar-refractivity contribution in [2.45, 2.75) is 38.8 Å². The predicted octanol–water partition coefficient (Wildman–Crippen LogP) is 4.09. The van der Waals surface area contributed by atoms with Crippen LogP contribution in [0.3, 0.4) is 0 Å². The Morgan fingerprint density at radius 1 is 1.38 bits per heavy atom. The number of nitrogens with zero attached hydrogens (tertiary/aromatic N) is 1. The van der Waals surface area contributed by atoms with Crippen LogP contribution in [-0.2, 0) is 4.79 Å². The van der Waals surface area contributed by atoms with E-state index in [0.29, 0.717) is 13.0 Å². The van der Waals surface area contributed by atoms with E-state index in [4.69, 9.17) is 4.74 Å². The Hall–Kier alpha value is -1.85. The molecular formula is C19H23NO3S. The molecule has 4 nitrogen and oxygen atoms in total. The summed E-state index contributed by atoms with van der Waals surface area (Å²) in [6, 6.07) is 11.7. The monoisotopic (exact) mass is 345 g/mol. The zero-order valence-electron chi connectivity index (χ0n) is 14.1. The fourth-order valence-corrected chi connectivity index (χ4v) is 4.47. The summed E-state index contributed by atoms with van der Waals surface area (Å²) in [5.74, 6) is 0.103. The van der Waals surface area contributed by atoms with Gasteiger partial charge in [-0.3, -0.25) is 9.69 Å². The molecule has 2 aromatic rings. The Balaban J connectivity index is 2.08. The van der Waals surface area contributed by atoms with Crippen molar-refractivity contribution in [2.24, 2.45) is 0 Å². The molecule has 5 heteroatoms. The van der Waals surface area contributed by atoms with Crippen molar-refractivity contribution >= 4 is 17.3 Å². The van der Waals surface area contributed by atoms with Crippen LogP contribution in [0.2, 0.25) is 0 Å². The van der Waals surface area contributed by atoms with Gasteiger partial charge in [-0.15, -0.1) is 11.3 Å². The summed E-state index contributed by atoms with van der Waals surface area (Å²) in [6.07, 6.45) is 1.61. The lowest BCUT2D eigenvalue weighted by Crippen LogP contribution is -2.39. The lowest BCUT2D eigenvalue weighted by Gasteiger charge is -2.32. The minimum Gasteiger partial charge on any atom is -0.494 e. The first-order chi connectivity index (χ1) is 11.6. The maximum absolute atomic E-state index is 11.7. The third kappa shape index (κ3) is 3.32. The first-order valence-corrected chi connectivity index (χ1v) is 9.20. The second-order valence-electron chi connectivity index (χ2n) is 6.06. The van der Waals surface area contributed by atoms with Crippen LogP contribution in [0, 0.1) is 6.92 Å². The fraction of sp³-hybridized carbons (Fsp3) is 0.421. The van der Waals surface area contributed by atoms with Crippen LogP contribution < -0.4 is 4.74 Å². The highest BCUT2D eigenvalue weighted by molar-refractivity contribution is 7.12. The number of aryl methyl sites for hydroxylation is 1. The number of carbonyl (C=O) groups is 1. The van der Waals surface area contributed by atoms with Gasteiger partial charge >= 0.3 is 5.97 Å². The first-order valence-electron chi connectivity index (χ1n) is 8.38. The van der Waals surface area contributed by atoms with E-state index >= 15 is 0 Å². The van der Waals surface area contributed by atoms with Crippen molar-refractivity contribution < 1.29 is 14.6 Å². The predicted molar refractivity (Wildman–Crippen MR) is 95.9 cm³/mol. The van der Waals surface area contributed by atoms with Crippen LogP contribution in [0.25, 0.3) is 0 Å². The van der Waals surface area contributed by atoms with E-state index in [1.807, 2.05) is 25.1 Å². The molecule has 0 saturated carbocycles. The highest BCUT2D eigenvalue weighted by atomic mass is 32.1. The molecule has 0 bridgehead atoms. The van der Waals surface area contributed by atoms with Crippen molar-refractivity contribution in [3.05, 3.63) is 51.7 Å². The topological polar surface area (TPSA) is 49.8 Å². The number of rotatable bonds is 6. The number of hydrogen-bond acceptors (Lipinski definition) is 4. The molecule has 0 amide bonds. The summed E-state index contributed by atoms with van der Waals surface area (Å²) in [7, 11) is 0. The highest BCUT2D eigenvalue weighted by Gasteiger charge is 2.38. The van der Waals surface area contributed by atoms with Crippen LogP contribution in [0.15, 0.2) is 36.4 Å². The molecule has 3 rings (SSSR count). The standard InChI is InChI=1S/C19H23NO3S/c1-3-23-16-9-5-4-7-14(16)18(17-11-10-13(2)24-17)20-12-6-8-15(20)19(21)22/h4-5,7,9-11,15,18H,3,6,8,12H2,1-2H3,(H,21,22). The molecule has 1 fully saturated rings. The quantitative estimate of drug-likeness (QED) is 0.856. The molecular weight excluding hydrogens is 322 g/mol. The minimum atomic E-state index is -0.736. The number of likely N-dealkylation sites (tertiary alicyclic amines) is 1. The van der Waals surface area contributed by atoms with Crippen molar-refractivity contribution in [3.63, 3.8) is 0 Å². The number of carboxylic acid groups (broad SMARTS) is 1. The number of hydrogen-bond donors (Lipinski definition) is 1. The second kappa shape index (κ2) is 7.36. The second-order valence-corrected chi connectivity index (χ2v) is 7.38. The molecule has 1 saturated heterocycles. The van der Waals surface area contributed by atoms with Crippen molar-refractivity contribution in [1.29, 1.82) is 0 Å². The van der Waals surface area contributed by atoms with Crippen LogP contribution in [0.5, 0.6) is 5.75 Å². The maximum Gasteiger partial charge on any atom is 0.320 e. The van der Waals surface area contributed by atoms with Crippen LogP contribution >= 0.6 is 11.3 Å². The number of carboxylic acids is 1. The maximum atomic E-state index is 11.7. The normalized spacial score (nSPS) is 19.3. The van der Waals surface area contributed by atoms with Crippen molar-refractivity contribution in [2.75, 3.05) is 13.2 Å². The number of thiophene rings is 1. The van der Waals surface area contributed by atoms with E-state index < -0.39 is 12.0 Å². The summed E-state index contributed by atoms with van der Waals surface area (Å²) in [5, 5.41) is 9.63. The van der Waals surface area contributed by atoms with E-state index in [1.165, 1.54) is 9.75 Å². The highest BCUT2D eigenvalue weighted by Crippen LogP contribution is 2.41. The van der Waals surface area contributed by atoms with E-state index in [2.05, 4.69) is 30.0 Å². The smallest absolute Gasteiger partial charge is 0.320 e. The van der Waals surface area contributed by atoms with Crippen LogP contribution in [0.4, 0.5) is 0 Å². The summed E-state index contributed by atoms with van der Waals surface area (Å²) >= 11 is 1.73. The van der Waals surface area contributed by atoms with Gasteiger partial charge in [0.05, 0.1) is 12.6 Å². The van der Waals surface area contributed by atoms with Crippen molar-refractivity contribution in [1.82, 2.24) is 4.90 Å². The molecule has 0 radical (unpaired) electrons. The molecule has 24 heavy (non-hydrogen) atoms. The first kappa shape index (κ1) is 17.0. The van der Waals surface area contributed by atoms with Crippen molar-refractivity contribution in [3.8, 4) is 5.75 Å². The fourth-order valence-electron chi connectivity index (χ4n) is 3.45. The molecule has 2 unspecified atom stereocenters. The zero-order valence-corrected chi connectivity index (χ0v) is 14.9. The number of ether oxygens (including phenoxy) is 1. The van der Waals surface area contributed by atoms with Gasteiger partial charge in [0, 0.05) is 21.9 Å². The van der Waals surface area contributed by atoms with Gasteiger partial charge in [0.25, 0.3) is 0 Å². The minimum absolute atomic E-state index is 0.0740. The molecule has 2 atom stereocenters. The number of para-hydroxylation sites is 1. The largest absolute Gasteiger partial charge is 0.494 e. The molecule has 0 spiro atoms. The number of aliphatic carboxylic acids is 1. The lowest BCUT2D eigenvalue weighted by molar-refractivity contribution is -0.142. The molecule has 1 N–H and O–H groups in total. The van der Waals surface area contributed by atoms with Gasteiger partial charge in [-0.2, -0.15) is 0 Å². The summed E-state index contributed by atoms with van der Waals surface area (Å²) in [4.78, 5) is 16.2. The Labute approximate surface area is 146 Å². The Morgan fingerprint density at radius 2 is 2.17 bits per heavy atom. The summed E-state index contributed by atoms with van der Waals surface area (Å²) < 4.78 is 5.83. The van der Waals surface area contributed by atoms with Gasteiger partial charge < -0.3 is 9.84 Å². The van der Waals surface area contributed by atoms with Gasteiger partial charge in [0.15, 0.2) is 0 Å². The Bertz CT molecular complexity index is 712. The van der Waals surface area contributed by atoms with Gasteiger partial charge in [0.1, 0.15) is 11.8 Å². The third-order valence-electron chi connectivity index (χ3n) is 4.45. The molecule has 1 aliphatic rings.